The third-order valence-corrected chi connectivity index (χ3v) is 8.23. The molecule has 4 aromatic rings. The largest absolute Gasteiger partial charge is 0.196 e. The molecule has 1 unspecified atom stereocenters. The van der Waals surface area contributed by atoms with E-state index >= 15 is 0 Å². The molecule has 1 atom stereocenters. The topological polar surface area (TPSA) is 0 Å². The number of hydrogen-bond donors (Lipinski definition) is 0. The second-order valence-corrected chi connectivity index (χ2v) is 11.2. The summed E-state index contributed by atoms with van der Waals surface area (Å²) >= 11 is 0. The van der Waals surface area contributed by atoms with Crippen LogP contribution in [0.4, 0.5) is 0 Å². The summed E-state index contributed by atoms with van der Waals surface area (Å²) in [5.41, 5.74) is 13.8. The molecule has 4 aromatic carbocycles. The van der Waals surface area contributed by atoms with E-state index in [9.17, 15) is 0 Å². The van der Waals surface area contributed by atoms with Gasteiger partial charge in [0.1, 0.15) is 0 Å². The zero-order chi connectivity index (χ0) is 23.9. The Bertz CT molecular complexity index is 1180. The molecule has 0 amide bonds. The van der Waals surface area contributed by atoms with E-state index in [2.05, 4.69) is 110 Å². The molecule has 0 bridgehead atoms. The van der Waals surface area contributed by atoms with Crippen LogP contribution < -0.4 is 0 Å². The summed E-state index contributed by atoms with van der Waals surface area (Å²) < 4.78 is 0. The van der Waals surface area contributed by atoms with Crippen LogP contribution in [-0.2, 0) is 45.1 Å². The molecule has 1 heteroatoms. The van der Waals surface area contributed by atoms with Crippen LogP contribution in [0.5, 0.6) is 0 Å². The normalized spacial score (nSPS) is 14.8. The van der Waals surface area contributed by atoms with E-state index in [0.29, 0.717) is 11.3 Å². The average molecular weight is 615 g/mol. The van der Waals surface area contributed by atoms with E-state index in [0.717, 1.165) is 6.42 Å². The maximum atomic E-state index is 2.48. The molecule has 0 aromatic heterocycles. The van der Waals surface area contributed by atoms with Crippen molar-refractivity contribution >= 4 is 10.8 Å². The fourth-order valence-electron chi connectivity index (χ4n) is 5.64. The van der Waals surface area contributed by atoms with Crippen LogP contribution in [0.1, 0.15) is 76.8 Å². The van der Waals surface area contributed by atoms with Crippen LogP contribution in [0.15, 0.2) is 54.6 Å². The fraction of sp³-hybridized carbons (Fsp3) is 0.394. The molecule has 0 radical (unpaired) electrons. The summed E-state index contributed by atoms with van der Waals surface area (Å²) in [7, 11) is 0. The van der Waals surface area contributed by atoms with Gasteiger partial charge in [-0.15, -0.1) is 34.5 Å². The molecule has 1 aliphatic carbocycles. The molecule has 34 heavy (non-hydrogen) atoms. The molecule has 0 aliphatic heterocycles. The van der Waals surface area contributed by atoms with Gasteiger partial charge in [0, 0.05) is 25.8 Å². The Kier molecular flexibility index (Phi) is 8.29. The van der Waals surface area contributed by atoms with Gasteiger partial charge in [0.25, 0.3) is 0 Å². The molecular weight excluding hydrogens is 575 g/mol. The first kappa shape index (κ1) is 26.9. The Balaban J connectivity index is 0.000000250. The second kappa shape index (κ2) is 10.5. The SMILES string of the molecule is CC(C[c-]1ccc2cc3c(cc21)CC(C)(C)C3)c1ccccc1.Cc1c(C)c(C)[c-](C)c1C.[Hf]. The van der Waals surface area contributed by atoms with Gasteiger partial charge in [0.05, 0.1) is 0 Å². The van der Waals surface area contributed by atoms with Crippen LogP contribution in [-0.4, -0.2) is 0 Å². The molecule has 0 N–H and O–H groups in total. The molecule has 0 fully saturated rings. The number of hydrogen-bond acceptors (Lipinski definition) is 0. The Morgan fingerprint density at radius 2 is 1.41 bits per heavy atom. The molecule has 0 saturated heterocycles. The number of rotatable bonds is 3. The molecular formula is C33H40Hf-2. The van der Waals surface area contributed by atoms with Crippen LogP contribution in [0.3, 0.4) is 0 Å². The zero-order valence-electron chi connectivity index (χ0n) is 22.4. The first-order valence-corrected chi connectivity index (χ1v) is 12.5. The van der Waals surface area contributed by atoms with Crippen molar-refractivity contribution in [3.8, 4) is 0 Å². The van der Waals surface area contributed by atoms with E-state index < -0.39 is 0 Å². The summed E-state index contributed by atoms with van der Waals surface area (Å²) in [6.45, 7) is 18.1. The van der Waals surface area contributed by atoms with Crippen LogP contribution >= 0.6 is 0 Å². The van der Waals surface area contributed by atoms with Crippen molar-refractivity contribution in [2.45, 2.75) is 80.6 Å². The minimum absolute atomic E-state index is 0. The van der Waals surface area contributed by atoms with Crippen LogP contribution in [0, 0.1) is 40.0 Å². The van der Waals surface area contributed by atoms with Crippen LogP contribution in [0.2, 0.25) is 0 Å². The Hall–Kier alpha value is -1.73. The van der Waals surface area contributed by atoms with E-state index in [1.54, 1.807) is 11.1 Å². The summed E-state index contributed by atoms with van der Waals surface area (Å²) in [6, 6.07) is 20.4. The number of fused-ring (bicyclic) bond motifs is 2. The summed E-state index contributed by atoms with van der Waals surface area (Å²) in [5.74, 6) is 0.562. The van der Waals surface area contributed by atoms with Gasteiger partial charge in [-0.25, -0.2) is 0 Å². The molecule has 0 heterocycles. The number of benzene rings is 2. The van der Waals surface area contributed by atoms with Crippen molar-refractivity contribution in [3.63, 3.8) is 0 Å². The maximum Gasteiger partial charge on any atom is 0 e. The second-order valence-electron chi connectivity index (χ2n) is 11.2. The molecule has 0 nitrogen and oxygen atoms in total. The molecule has 1 aliphatic rings. The van der Waals surface area contributed by atoms with Crippen molar-refractivity contribution in [2.75, 3.05) is 0 Å². The van der Waals surface area contributed by atoms with Gasteiger partial charge in [-0.1, -0.05) is 103 Å². The average Bonchev–Trinajstić information content (AvgIpc) is 3.37. The summed E-state index contributed by atoms with van der Waals surface area (Å²) in [4.78, 5) is 0. The minimum atomic E-state index is 0. The van der Waals surface area contributed by atoms with Crippen molar-refractivity contribution in [1.29, 1.82) is 0 Å². The standard InChI is InChI=1S/C23H25.C10H15.Hf/c1-16(17-7-5-4-6-8-17)11-18-9-10-19-12-20-14-23(2,3)15-21(20)13-22(18)19;1-6-7(2)9(4)10(5)8(6)3;/h4-10,12-13,16H,11,14-15H2,1-3H3;1-5H3;/q2*-1;. The van der Waals surface area contributed by atoms with Gasteiger partial charge >= 0.3 is 0 Å². The zero-order valence-corrected chi connectivity index (χ0v) is 26.0. The van der Waals surface area contributed by atoms with Gasteiger partial charge in [0.2, 0.25) is 0 Å². The minimum Gasteiger partial charge on any atom is -0.196 e. The van der Waals surface area contributed by atoms with Gasteiger partial charge in [-0.3, -0.25) is 0 Å². The van der Waals surface area contributed by atoms with Crippen molar-refractivity contribution in [3.05, 3.63) is 105 Å². The van der Waals surface area contributed by atoms with E-state index in [1.165, 1.54) is 62.6 Å². The third kappa shape index (κ3) is 5.40. The first-order chi connectivity index (χ1) is 15.6. The summed E-state index contributed by atoms with van der Waals surface area (Å²) in [6.07, 6.45) is 3.56. The predicted octanol–water partition coefficient (Wildman–Crippen LogP) is 8.97. The Labute approximate surface area is 226 Å². The monoisotopic (exact) mass is 616 g/mol. The van der Waals surface area contributed by atoms with Gasteiger partial charge in [0.15, 0.2) is 0 Å². The smallest absolute Gasteiger partial charge is 0 e. The van der Waals surface area contributed by atoms with Gasteiger partial charge in [-0.2, -0.15) is 33.9 Å². The van der Waals surface area contributed by atoms with Crippen molar-refractivity contribution in [2.24, 2.45) is 5.41 Å². The summed E-state index contributed by atoms with van der Waals surface area (Å²) in [5, 5.41) is 2.90. The van der Waals surface area contributed by atoms with Crippen LogP contribution in [0.25, 0.3) is 10.8 Å². The van der Waals surface area contributed by atoms with Gasteiger partial charge < -0.3 is 0 Å². The molecule has 5 rings (SSSR count). The predicted molar refractivity (Wildman–Crippen MR) is 145 cm³/mol. The Morgan fingerprint density at radius 3 is 1.94 bits per heavy atom. The van der Waals surface area contributed by atoms with Crippen molar-refractivity contribution < 1.29 is 25.8 Å². The quantitative estimate of drug-likeness (QED) is 0.160. The molecule has 0 spiro atoms. The van der Waals surface area contributed by atoms with Crippen molar-refractivity contribution in [1.82, 2.24) is 0 Å². The molecule has 178 valence electrons. The third-order valence-electron chi connectivity index (χ3n) is 8.23. The van der Waals surface area contributed by atoms with E-state index in [1.807, 2.05) is 0 Å². The fourth-order valence-corrected chi connectivity index (χ4v) is 5.64. The van der Waals surface area contributed by atoms with E-state index in [4.69, 9.17) is 0 Å². The van der Waals surface area contributed by atoms with Gasteiger partial charge in [-0.05, 0) is 29.7 Å². The molecule has 0 saturated carbocycles. The van der Waals surface area contributed by atoms with E-state index in [-0.39, 0.29) is 25.8 Å². The first-order valence-electron chi connectivity index (χ1n) is 12.5. The Morgan fingerprint density at radius 1 is 0.853 bits per heavy atom. The maximum absolute atomic E-state index is 2.48.